The number of fused-ring (bicyclic) bond motifs is 1. The third kappa shape index (κ3) is 1.92. The lowest BCUT2D eigenvalue weighted by atomic mass is 10.3. The summed E-state index contributed by atoms with van der Waals surface area (Å²) < 4.78 is 10.9. The fourth-order valence-corrected chi connectivity index (χ4v) is 2.21. The van der Waals surface area contributed by atoms with Crippen LogP contribution in [-0.4, -0.2) is 18.6 Å². The maximum atomic E-state index is 10.0. The lowest BCUT2D eigenvalue weighted by Gasteiger charge is -1.98. The van der Waals surface area contributed by atoms with Crippen molar-refractivity contribution in [2.24, 2.45) is 0 Å². The number of rotatable bonds is 4. The SMILES string of the molecule is COc1cccc2sc(COC=O)nc12. The maximum absolute atomic E-state index is 10.0. The van der Waals surface area contributed by atoms with Crippen LogP contribution in [0.1, 0.15) is 5.01 Å². The molecule has 2 aromatic rings. The average molecular weight is 223 g/mol. The van der Waals surface area contributed by atoms with Crippen LogP contribution >= 0.6 is 11.3 Å². The van der Waals surface area contributed by atoms with E-state index in [9.17, 15) is 4.79 Å². The second-order valence-electron chi connectivity index (χ2n) is 2.82. The highest BCUT2D eigenvalue weighted by Crippen LogP contribution is 2.29. The van der Waals surface area contributed by atoms with Gasteiger partial charge in [0.15, 0.2) is 0 Å². The second-order valence-corrected chi connectivity index (χ2v) is 3.94. The van der Waals surface area contributed by atoms with Gasteiger partial charge in [-0.2, -0.15) is 0 Å². The van der Waals surface area contributed by atoms with Gasteiger partial charge in [0.2, 0.25) is 0 Å². The highest BCUT2D eigenvalue weighted by Gasteiger charge is 2.07. The molecule has 0 atom stereocenters. The summed E-state index contributed by atoms with van der Waals surface area (Å²) in [5.74, 6) is 0.737. The van der Waals surface area contributed by atoms with Gasteiger partial charge >= 0.3 is 0 Å². The van der Waals surface area contributed by atoms with Crippen LogP contribution in [0.5, 0.6) is 5.75 Å². The number of methoxy groups -OCH3 is 1. The molecule has 0 bridgehead atoms. The molecule has 0 saturated carbocycles. The molecule has 0 amide bonds. The first-order valence-electron chi connectivity index (χ1n) is 4.33. The molecule has 1 aromatic carbocycles. The standard InChI is InChI=1S/C10H9NO3S/c1-13-7-3-2-4-8-10(7)11-9(15-8)5-14-6-12/h2-4,6H,5H2,1H3. The number of carbonyl (C=O) groups is 1. The summed E-state index contributed by atoms with van der Waals surface area (Å²) in [5.41, 5.74) is 0.814. The maximum Gasteiger partial charge on any atom is 0.293 e. The number of hydrogen-bond acceptors (Lipinski definition) is 5. The smallest absolute Gasteiger partial charge is 0.293 e. The number of thiazole rings is 1. The van der Waals surface area contributed by atoms with Crippen molar-refractivity contribution < 1.29 is 14.3 Å². The van der Waals surface area contributed by atoms with E-state index in [1.165, 1.54) is 11.3 Å². The van der Waals surface area contributed by atoms with Crippen molar-refractivity contribution in [1.29, 1.82) is 0 Å². The zero-order valence-electron chi connectivity index (χ0n) is 8.10. The van der Waals surface area contributed by atoms with Crippen molar-refractivity contribution in [3.8, 4) is 5.75 Å². The molecular formula is C10H9NO3S. The quantitative estimate of drug-likeness (QED) is 0.743. The molecule has 0 aliphatic rings. The first-order chi connectivity index (χ1) is 7.35. The molecule has 0 radical (unpaired) electrons. The Morgan fingerprint density at radius 3 is 3.13 bits per heavy atom. The van der Waals surface area contributed by atoms with Crippen LogP contribution in [0.15, 0.2) is 18.2 Å². The van der Waals surface area contributed by atoms with Gasteiger partial charge < -0.3 is 9.47 Å². The molecule has 0 spiro atoms. The van der Waals surface area contributed by atoms with E-state index in [0.717, 1.165) is 21.0 Å². The van der Waals surface area contributed by atoms with E-state index in [1.807, 2.05) is 18.2 Å². The number of aromatic nitrogens is 1. The summed E-state index contributed by atoms with van der Waals surface area (Å²) in [5, 5.41) is 0.765. The van der Waals surface area contributed by atoms with Crippen LogP contribution in [0, 0.1) is 0 Å². The minimum Gasteiger partial charge on any atom is -0.494 e. The second kappa shape index (κ2) is 4.27. The van der Waals surface area contributed by atoms with E-state index < -0.39 is 0 Å². The van der Waals surface area contributed by atoms with Crippen molar-refractivity contribution >= 4 is 28.0 Å². The molecule has 1 heterocycles. The number of nitrogens with zero attached hydrogens (tertiary/aromatic N) is 1. The van der Waals surface area contributed by atoms with Crippen molar-refractivity contribution in [2.75, 3.05) is 7.11 Å². The summed E-state index contributed by atoms with van der Waals surface area (Å²) >= 11 is 1.49. The van der Waals surface area contributed by atoms with Crippen LogP contribution in [0.3, 0.4) is 0 Å². The normalized spacial score (nSPS) is 10.2. The van der Waals surface area contributed by atoms with E-state index in [4.69, 9.17) is 4.74 Å². The summed E-state index contributed by atoms with van der Waals surface area (Å²) in [7, 11) is 1.61. The molecular weight excluding hydrogens is 214 g/mol. The van der Waals surface area contributed by atoms with Gasteiger partial charge in [0.05, 0.1) is 11.8 Å². The van der Waals surface area contributed by atoms with Crippen LogP contribution in [-0.2, 0) is 16.1 Å². The van der Waals surface area contributed by atoms with Gasteiger partial charge in [-0.3, -0.25) is 4.79 Å². The number of benzene rings is 1. The zero-order valence-corrected chi connectivity index (χ0v) is 8.91. The third-order valence-electron chi connectivity index (χ3n) is 1.92. The van der Waals surface area contributed by atoms with Gasteiger partial charge in [-0.15, -0.1) is 11.3 Å². The molecule has 78 valence electrons. The molecule has 0 fully saturated rings. The fraction of sp³-hybridized carbons (Fsp3) is 0.200. The lowest BCUT2D eigenvalue weighted by molar-refractivity contribution is -0.129. The van der Waals surface area contributed by atoms with E-state index in [0.29, 0.717) is 6.47 Å². The highest BCUT2D eigenvalue weighted by molar-refractivity contribution is 7.18. The van der Waals surface area contributed by atoms with Crippen molar-refractivity contribution in [3.05, 3.63) is 23.2 Å². The topological polar surface area (TPSA) is 48.4 Å². The minimum atomic E-state index is 0.214. The van der Waals surface area contributed by atoms with Gasteiger partial charge in [0, 0.05) is 0 Å². The molecule has 0 unspecified atom stereocenters. The van der Waals surface area contributed by atoms with Crippen LogP contribution in [0.4, 0.5) is 0 Å². The molecule has 0 aliphatic carbocycles. The fourth-order valence-electron chi connectivity index (χ4n) is 1.30. The lowest BCUT2D eigenvalue weighted by Crippen LogP contribution is -1.88. The molecule has 2 rings (SSSR count). The van der Waals surface area contributed by atoms with E-state index >= 15 is 0 Å². The van der Waals surface area contributed by atoms with Crippen molar-refractivity contribution in [3.63, 3.8) is 0 Å². The molecule has 1 aromatic heterocycles. The number of hydrogen-bond donors (Lipinski definition) is 0. The van der Waals surface area contributed by atoms with Gasteiger partial charge in [0.1, 0.15) is 22.9 Å². The summed E-state index contributed by atoms with van der Waals surface area (Å²) in [6.07, 6.45) is 0. The Labute approximate surface area is 90.5 Å². The van der Waals surface area contributed by atoms with Crippen molar-refractivity contribution in [1.82, 2.24) is 4.98 Å². The Kier molecular flexibility index (Phi) is 2.82. The number of para-hydroxylation sites is 1. The zero-order chi connectivity index (χ0) is 10.7. The first kappa shape index (κ1) is 9.92. The largest absolute Gasteiger partial charge is 0.494 e. The minimum absolute atomic E-state index is 0.214. The first-order valence-corrected chi connectivity index (χ1v) is 5.14. The third-order valence-corrected chi connectivity index (χ3v) is 2.92. The predicted molar refractivity (Wildman–Crippen MR) is 57.0 cm³/mol. The van der Waals surface area contributed by atoms with E-state index in [2.05, 4.69) is 9.72 Å². The predicted octanol–water partition coefficient (Wildman–Crippen LogP) is 1.98. The summed E-state index contributed by atoms with van der Waals surface area (Å²) in [6.45, 7) is 0.634. The molecule has 4 nitrogen and oxygen atoms in total. The molecule has 0 N–H and O–H groups in total. The number of carbonyl (C=O) groups excluding carboxylic acids is 1. The average Bonchev–Trinajstić information content (AvgIpc) is 2.68. The van der Waals surface area contributed by atoms with Crippen LogP contribution in [0.2, 0.25) is 0 Å². The van der Waals surface area contributed by atoms with Gasteiger partial charge in [-0.1, -0.05) is 6.07 Å². The Morgan fingerprint density at radius 1 is 1.53 bits per heavy atom. The summed E-state index contributed by atoms with van der Waals surface area (Å²) in [4.78, 5) is 14.4. The van der Waals surface area contributed by atoms with Crippen molar-refractivity contribution in [2.45, 2.75) is 6.61 Å². The summed E-state index contributed by atoms with van der Waals surface area (Å²) in [6, 6.07) is 5.72. The monoisotopic (exact) mass is 223 g/mol. The Balaban J connectivity index is 2.41. The van der Waals surface area contributed by atoms with Gasteiger partial charge in [-0.25, -0.2) is 4.98 Å². The number of ether oxygens (including phenoxy) is 2. The Bertz CT molecular complexity index is 480. The Hall–Kier alpha value is -1.62. The molecule has 0 aliphatic heterocycles. The molecule has 5 heteroatoms. The van der Waals surface area contributed by atoms with Gasteiger partial charge in [0.25, 0.3) is 6.47 Å². The van der Waals surface area contributed by atoms with E-state index in [-0.39, 0.29) is 6.61 Å². The Morgan fingerprint density at radius 2 is 2.40 bits per heavy atom. The highest BCUT2D eigenvalue weighted by atomic mass is 32.1. The van der Waals surface area contributed by atoms with Crippen LogP contribution in [0.25, 0.3) is 10.2 Å². The van der Waals surface area contributed by atoms with Crippen LogP contribution < -0.4 is 4.74 Å². The molecule has 15 heavy (non-hydrogen) atoms. The molecule has 0 saturated heterocycles. The van der Waals surface area contributed by atoms with Gasteiger partial charge in [-0.05, 0) is 12.1 Å². The van der Waals surface area contributed by atoms with E-state index in [1.54, 1.807) is 7.11 Å².